The van der Waals surface area contributed by atoms with E-state index in [-0.39, 0.29) is 17.7 Å². The molecule has 0 unspecified atom stereocenters. The van der Waals surface area contributed by atoms with Gasteiger partial charge in [-0.1, -0.05) is 25.1 Å². The Balaban J connectivity index is 2.76. The second kappa shape index (κ2) is 6.82. The Labute approximate surface area is 136 Å². The number of amides is 2. The standard InChI is InChI=1S/C15H17N5O4/c1-3-9(18-19-14(16)23)11-12(21)17-15(24)20(13(11)22)10-7-5-4-6-8(10)2/h4-7,22H,3H2,1-2H3,(H3,16,19,23)(H,17,21,24)/b18-9+. The second-order valence-electron chi connectivity index (χ2n) is 4.97. The molecule has 0 saturated heterocycles. The van der Waals surface area contributed by atoms with Gasteiger partial charge in [-0.3, -0.25) is 9.78 Å². The molecule has 1 aromatic carbocycles. The molecule has 0 spiro atoms. The number of hydrazone groups is 1. The first kappa shape index (κ1) is 17.0. The molecule has 2 rings (SSSR count). The molecule has 0 aliphatic rings. The molecule has 1 aromatic heterocycles. The molecule has 9 heteroatoms. The van der Waals surface area contributed by atoms with Crippen LogP contribution in [0.15, 0.2) is 39.0 Å². The first-order valence-corrected chi connectivity index (χ1v) is 7.13. The largest absolute Gasteiger partial charge is 0.493 e. The molecule has 2 amide bonds. The summed E-state index contributed by atoms with van der Waals surface area (Å²) in [7, 11) is 0. The van der Waals surface area contributed by atoms with E-state index in [1.807, 2.05) is 5.43 Å². The molecular formula is C15H17N5O4. The number of benzene rings is 1. The van der Waals surface area contributed by atoms with E-state index in [4.69, 9.17) is 5.73 Å². The van der Waals surface area contributed by atoms with E-state index in [0.717, 1.165) is 10.1 Å². The summed E-state index contributed by atoms with van der Waals surface area (Å²) >= 11 is 0. The molecule has 2 aromatic rings. The van der Waals surface area contributed by atoms with E-state index in [9.17, 15) is 19.5 Å². The van der Waals surface area contributed by atoms with Gasteiger partial charge in [0.25, 0.3) is 5.56 Å². The highest BCUT2D eigenvalue weighted by Crippen LogP contribution is 2.20. The van der Waals surface area contributed by atoms with Crippen molar-refractivity contribution in [3.63, 3.8) is 0 Å². The highest BCUT2D eigenvalue weighted by molar-refractivity contribution is 6.02. The van der Waals surface area contributed by atoms with Gasteiger partial charge in [0, 0.05) is 0 Å². The van der Waals surface area contributed by atoms with Crippen LogP contribution in [0.5, 0.6) is 5.88 Å². The van der Waals surface area contributed by atoms with Gasteiger partial charge >= 0.3 is 11.7 Å². The van der Waals surface area contributed by atoms with E-state index in [2.05, 4.69) is 10.1 Å². The Kier molecular flexibility index (Phi) is 4.83. The van der Waals surface area contributed by atoms with Crippen LogP contribution in [0.1, 0.15) is 24.5 Å². The Morgan fingerprint density at radius 3 is 2.62 bits per heavy atom. The van der Waals surface area contributed by atoms with Crippen molar-refractivity contribution in [2.75, 3.05) is 0 Å². The third-order valence-corrected chi connectivity index (χ3v) is 3.37. The second-order valence-corrected chi connectivity index (χ2v) is 4.97. The predicted octanol–water partition coefficient (Wildman–Crippen LogP) is 0.322. The van der Waals surface area contributed by atoms with Crippen LogP contribution < -0.4 is 22.4 Å². The first-order chi connectivity index (χ1) is 11.4. The molecule has 0 saturated carbocycles. The Morgan fingerprint density at radius 1 is 1.38 bits per heavy atom. The summed E-state index contributed by atoms with van der Waals surface area (Å²) in [5, 5.41) is 14.2. The number of hydrogen-bond acceptors (Lipinski definition) is 5. The third-order valence-electron chi connectivity index (χ3n) is 3.37. The number of aromatic hydroxyl groups is 1. The predicted molar refractivity (Wildman–Crippen MR) is 88.6 cm³/mol. The Morgan fingerprint density at radius 2 is 2.04 bits per heavy atom. The fraction of sp³-hybridized carbons (Fsp3) is 0.200. The molecule has 0 aliphatic carbocycles. The molecule has 24 heavy (non-hydrogen) atoms. The van der Waals surface area contributed by atoms with Crippen LogP contribution in [0, 0.1) is 6.92 Å². The molecule has 5 N–H and O–H groups in total. The lowest BCUT2D eigenvalue weighted by Crippen LogP contribution is -2.34. The van der Waals surface area contributed by atoms with Gasteiger partial charge in [-0.05, 0) is 25.0 Å². The topological polar surface area (TPSA) is 143 Å². The van der Waals surface area contributed by atoms with Gasteiger partial charge in [0.2, 0.25) is 5.88 Å². The number of primary amides is 1. The van der Waals surface area contributed by atoms with Crippen molar-refractivity contribution in [2.24, 2.45) is 10.8 Å². The minimum atomic E-state index is -0.913. The fourth-order valence-electron chi connectivity index (χ4n) is 2.26. The molecule has 126 valence electrons. The van der Waals surface area contributed by atoms with Crippen LogP contribution in [-0.4, -0.2) is 26.4 Å². The summed E-state index contributed by atoms with van der Waals surface area (Å²) in [5.41, 5.74) is 6.37. The summed E-state index contributed by atoms with van der Waals surface area (Å²) in [4.78, 5) is 37.2. The number of aryl methyl sites for hydroxylation is 1. The maximum absolute atomic E-state index is 12.2. The van der Waals surface area contributed by atoms with Gasteiger partial charge in [-0.15, -0.1) is 0 Å². The maximum atomic E-state index is 12.2. The van der Waals surface area contributed by atoms with Crippen LogP contribution in [0.25, 0.3) is 5.69 Å². The zero-order chi connectivity index (χ0) is 17.9. The van der Waals surface area contributed by atoms with Crippen molar-refractivity contribution in [3.8, 4) is 11.6 Å². The van der Waals surface area contributed by atoms with Gasteiger partial charge in [0.05, 0.1) is 11.4 Å². The summed E-state index contributed by atoms with van der Waals surface area (Å²) in [6.07, 6.45) is 0.211. The number of rotatable bonds is 4. The van der Waals surface area contributed by atoms with Crippen molar-refractivity contribution in [1.82, 2.24) is 15.0 Å². The number of nitrogens with zero attached hydrogens (tertiary/aromatic N) is 2. The average molecular weight is 331 g/mol. The SMILES string of the molecule is CC/C(=N\NC(N)=O)c1c(O)n(-c2ccccc2C)c(=O)[nH]c1=O. The lowest BCUT2D eigenvalue weighted by molar-refractivity contribution is 0.249. The monoisotopic (exact) mass is 331 g/mol. The van der Waals surface area contributed by atoms with Crippen molar-refractivity contribution in [3.05, 3.63) is 56.2 Å². The average Bonchev–Trinajstić information content (AvgIpc) is 2.51. The van der Waals surface area contributed by atoms with Crippen molar-refractivity contribution in [2.45, 2.75) is 20.3 Å². The quantitative estimate of drug-likeness (QED) is 0.472. The Bertz CT molecular complexity index is 926. The van der Waals surface area contributed by atoms with Gasteiger partial charge in [-0.25, -0.2) is 19.6 Å². The zero-order valence-electron chi connectivity index (χ0n) is 13.2. The number of H-pyrrole nitrogens is 1. The molecule has 1 heterocycles. The third kappa shape index (κ3) is 3.19. The summed E-state index contributed by atoms with van der Waals surface area (Å²) < 4.78 is 0.974. The molecular weight excluding hydrogens is 314 g/mol. The number of urea groups is 1. The van der Waals surface area contributed by atoms with Gasteiger partial charge in [0.15, 0.2) is 0 Å². The number of carbonyl (C=O) groups is 1. The van der Waals surface area contributed by atoms with E-state index < -0.39 is 23.2 Å². The van der Waals surface area contributed by atoms with Crippen LogP contribution in [0.2, 0.25) is 0 Å². The van der Waals surface area contributed by atoms with Crippen LogP contribution in [0.3, 0.4) is 0 Å². The van der Waals surface area contributed by atoms with Crippen LogP contribution >= 0.6 is 0 Å². The fourth-order valence-corrected chi connectivity index (χ4v) is 2.26. The number of para-hydroxylation sites is 1. The number of carbonyl (C=O) groups excluding carboxylic acids is 1. The highest BCUT2D eigenvalue weighted by atomic mass is 16.3. The van der Waals surface area contributed by atoms with E-state index in [0.29, 0.717) is 5.69 Å². The van der Waals surface area contributed by atoms with E-state index in [1.54, 1.807) is 38.1 Å². The number of nitrogens with one attached hydrogen (secondary N) is 2. The molecule has 0 fully saturated rings. The molecule has 0 bridgehead atoms. The summed E-state index contributed by atoms with van der Waals surface area (Å²) in [6, 6.07) is 5.95. The summed E-state index contributed by atoms with van der Waals surface area (Å²) in [5.74, 6) is -0.565. The lowest BCUT2D eigenvalue weighted by atomic mass is 10.1. The van der Waals surface area contributed by atoms with Gasteiger partial charge in [-0.2, -0.15) is 5.10 Å². The molecule has 0 radical (unpaired) electrons. The zero-order valence-corrected chi connectivity index (χ0v) is 13.2. The van der Waals surface area contributed by atoms with E-state index in [1.165, 1.54) is 0 Å². The number of aromatic amines is 1. The number of hydrogen-bond donors (Lipinski definition) is 4. The van der Waals surface area contributed by atoms with Crippen molar-refractivity contribution < 1.29 is 9.90 Å². The Hall–Kier alpha value is -3.36. The minimum absolute atomic E-state index is 0.0786. The minimum Gasteiger partial charge on any atom is -0.493 e. The molecule has 0 aliphatic heterocycles. The maximum Gasteiger partial charge on any atom is 0.335 e. The van der Waals surface area contributed by atoms with Gasteiger partial charge < -0.3 is 10.8 Å². The molecule has 9 nitrogen and oxygen atoms in total. The lowest BCUT2D eigenvalue weighted by Gasteiger charge is -2.13. The van der Waals surface area contributed by atoms with Crippen molar-refractivity contribution in [1.29, 1.82) is 0 Å². The van der Waals surface area contributed by atoms with Crippen molar-refractivity contribution >= 4 is 11.7 Å². The number of nitrogens with two attached hydrogens (primary N) is 1. The first-order valence-electron chi connectivity index (χ1n) is 7.13. The normalized spacial score (nSPS) is 11.3. The molecule has 0 atom stereocenters. The van der Waals surface area contributed by atoms with Crippen LogP contribution in [0.4, 0.5) is 4.79 Å². The summed E-state index contributed by atoms with van der Waals surface area (Å²) in [6.45, 7) is 3.43. The highest BCUT2D eigenvalue weighted by Gasteiger charge is 2.20. The smallest absolute Gasteiger partial charge is 0.335 e. The van der Waals surface area contributed by atoms with Gasteiger partial charge in [0.1, 0.15) is 5.56 Å². The van der Waals surface area contributed by atoms with E-state index >= 15 is 0 Å². The number of aromatic nitrogens is 2. The van der Waals surface area contributed by atoms with Crippen LogP contribution in [-0.2, 0) is 0 Å².